The summed E-state index contributed by atoms with van der Waals surface area (Å²) in [6, 6.07) is 0.0368. The van der Waals surface area contributed by atoms with Crippen LogP contribution in [-0.4, -0.2) is 56.3 Å². The molecule has 0 aliphatic carbocycles. The fourth-order valence-electron chi connectivity index (χ4n) is 2.32. The maximum absolute atomic E-state index is 12.3. The fourth-order valence-corrected chi connectivity index (χ4v) is 2.32. The van der Waals surface area contributed by atoms with Gasteiger partial charge in [0.15, 0.2) is 5.96 Å². The summed E-state index contributed by atoms with van der Waals surface area (Å²) in [6.07, 6.45) is -0.0156. The van der Waals surface area contributed by atoms with E-state index < -0.39 is 12.7 Å². The number of nitrogens with zero attached hydrogens (tertiary/aromatic N) is 2. The van der Waals surface area contributed by atoms with Gasteiger partial charge in [0.05, 0.1) is 6.54 Å². The van der Waals surface area contributed by atoms with E-state index in [9.17, 15) is 13.2 Å². The summed E-state index contributed by atoms with van der Waals surface area (Å²) in [4.78, 5) is 5.54. The summed E-state index contributed by atoms with van der Waals surface area (Å²) < 4.78 is 36.9. The maximum atomic E-state index is 12.3. The number of rotatable bonds is 6. The molecule has 1 fully saturated rings. The molecule has 0 spiro atoms. The Bertz CT molecular complexity index is 304. The second kappa shape index (κ2) is 8.34. The van der Waals surface area contributed by atoms with Gasteiger partial charge in [-0.3, -0.25) is 9.89 Å². The van der Waals surface area contributed by atoms with Crippen LogP contribution in [0.15, 0.2) is 4.99 Å². The number of hydrogen-bond acceptors (Lipinski definition) is 2. The zero-order valence-corrected chi connectivity index (χ0v) is 12.3. The Morgan fingerprint density at radius 2 is 2.10 bits per heavy atom. The molecule has 0 bridgehead atoms. The lowest BCUT2D eigenvalue weighted by Crippen LogP contribution is -2.45. The molecule has 118 valence electrons. The van der Waals surface area contributed by atoms with E-state index in [1.54, 1.807) is 7.05 Å². The highest BCUT2D eigenvalue weighted by Crippen LogP contribution is 2.19. The van der Waals surface area contributed by atoms with Crippen molar-refractivity contribution in [1.29, 1.82) is 0 Å². The van der Waals surface area contributed by atoms with E-state index in [2.05, 4.69) is 22.5 Å². The summed E-state index contributed by atoms with van der Waals surface area (Å²) in [5.41, 5.74) is 0. The van der Waals surface area contributed by atoms with Gasteiger partial charge < -0.3 is 10.6 Å². The van der Waals surface area contributed by atoms with Gasteiger partial charge >= 0.3 is 6.18 Å². The van der Waals surface area contributed by atoms with Crippen LogP contribution in [0.25, 0.3) is 0 Å². The van der Waals surface area contributed by atoms with Crippen molar-refractivity contribution in [2.24, 2.45) is 4.99 Å². The molecule has 0 aromatic carbocycles. The highest BCUT2D eigenvalue weighted by molar-refractivity contribution is 5.79. The molecule has 1 atom stereocenters. The molecule has 20 heavy (non-hydrogen) atoms. The van der Waals surface area contributed by atoms with Gasteiger partial charge in [-0.25, -0.2) is 0 Å². The molecule has 0 amide bonds. The topological polar surface area (TPSA) is 39.7 Å². The highest BCUT2D eigenvalue weighted by atomic mass is 19.4. The summed E-state index contributed by atoms with van der Waals surface area (Å²) in [5.74, 6) is 0.681. The normalized spacial score (nSPS) is 21.2. The van der Waals surface area contributed by atoms with Crippen molar-refractivity contribution >= 4 is 5.96 Å². The van der Waals surface area contributed by atoms with Gasteiger partial charge in [0.2, 0.25) is 0 Å². The highest BCUT2D eigenvalue weighted by Gasteiger charge is 2.34. The maximum Gasteiger partial charge on any atom is 0.401 e. The second-order valence-electron chi connectivity index (χ2n) is 5.19. The van der Waals surface area contributed by atoms with Gasteiger partial charge in [-0.2, -0.15) is 13.2 Å². The lowest BCUT2D eigenvalue weighted by Gasteiger charge is -2.19. The number of alkyl halides is 3. The number of nitrogens with one attached hydrogen (secondary N) is 2. The van der Waals surface area contributed by atoms with Crippen molar-refractivity contribution in [3.8, 4) is 0 Å². The average molecular weight is 294 g/mol. The predicted octanol–water partition coefficient (Wildman–Crippen LogP) is 1.98. The second-order valence-corrected chi connectivity index (χ2v) is 5.19. The first-order valence-corrected chi connectivity index (χ1v) is 7.21. The number of aliphatic imine (C=N–C) groups is 1. The minimum atomic E-state index is -4.12. The summed E-state index contributed by atoms with van der Waals surface area (Å²) in [7, 11) is 1.68. The monoisotopic (exact) mass is 294 g/mol. The van der Waals surface area contributed by atoms with Crippen LogP contribution >= 0.6 is 0 Å². The Kier molecular flexibility index (Phi) is 7.12. The van der Waals surface area contributed by atoms with Crippen molar-refractivity contribution in [2.45, 2.75) is 44.8 Å². The van der Waals surface area contributed by atoms with E-state index in [0.29, 0.717) is 25.5 Å². The van der Waals surface area contributed by atoms with Crippen LogP contribution in [0, 0.1) is 0 Å². The quantitative estimate of drug-likeness (QED) is 0.447. The van der Waals surface area contributed by atoms with E-state index in [0.717, 1.165) is 25.8 Å². The Labute approximate surface area is 118 Å². The van der Waals surface area contributed by atoms with E-state index in [-0.39, 0.29) is 6.04 Å². The molecule has 1 heterocycles. The Balaban J connectivity index is 2.26. The minimum Gasteiger partial charge on any atom is -0.356 e. The summed E-state index contributed by atoms with van der Waals surface area (Å²) in [6.45, 7) is 3.04. The molecule has 1 saturated heterocycles. The van der Waals surface area contributed by atoms with Gasteiger partial charge in [-0.1, -0.05) is 19.8 Å². The van der Waals surface area contributed by atoms with Crippen LogP contribution in [0.5, 0.6) is 0 Å². The standard InChI is InChI=1S/C13H25F3N4/c1-3-4-5-7-18-12(17-2)19-11-6-8-20(9-11)10-13(14,15)16/h11H,3-10H2,1-2H3,(H2,17,18,19). The van der Waals surface area contributed by atoms with E-state index in [4.69, 9.17) is 0 Å². The Morgan fingerprint density at radius 3 is 2.70 bits per heavy atom. The largest absolute Gasteiger partial charge is 0.401 e. The van der Waals surface area contributed by atoms with Crippen LogP contribution in [-0.2, 0) is 0 Å². The van der Waals surface area contributed by atoms with Crippen molar-refractivity contribution in [2.75, 3.05) is 33.2 Å². The zero-order valence-electron chi connectivity index (χ0n) is 12.3. The third-order valence-corrected chi connectivity index (χ3v) is 3.31. The van der Waals surface area contributed by atoms with Crippen LogP contribution in [0.1, 0.15) is 32.6 Å². The SMILES string of the molecule is CCCCCNC(=NC)NC1CCN(CC(F)(F)F)C1. The number of likely N-dealkylation sites (tertiary alicyclic amines) is 1. The average Bonchev–Trinajstić information content (AvgIpc) is 2.78. The van der Waals surface area contributed by atoms with Gasteiger partial charge in [-0.15, -0.1) is 0 Å². The van der Waals surface area contributed by atoms with Gasteiger partial charge in [0.1, 0.15) is 0 Å². The third kappa shape index (κ3) is 6.98. The van der Waals surface area contributed by atoms with Crippen molar-refractivity contribution in [3.05, 3.63) is 0 Å². The van der Waals surface area contributed by atoms with E-state index in [1.165, 1.54) is 4.90 Å². The van der Waals surface area contributed by atoms with Crippen molar-refractivity contribution < 1.29 is 13.2 Å². The molecule has 0 aromatic rings. The molecule has 1 aliphatic rings. The Hall–Kier alpha value is -0.980. The molecule has 4 nitrogen and oxygen atoms in total. The molecule has 1 rings (SSSR count). The molecule has 1 aliphatic heterocycles. The van der Waals surface area contributed by atoms with Gasteiger partial charge in [-0.05, 0) is 12.8 Å². The van der Waals surface area contributed by atoms with Crippen molar-refractivity contribution in [3.63, 3.8) is 0 Å². The lowest BCUT2D eigenvalue weighted by atomic mass is 10.2. The van der Waals surface area contributed by atoms with Gasteiger partial charge in [0.25, 0.3) is 0 Å². The number of halogens is 3. The van der Waals surface area contributed by atoms with Crippen LogP contribution < -0.4 is 10.6 Å². The number of unbranched alkanes of at least 4 members (excludes halogenated alkanes) is 2. The summed E-state index contributed by atoms with van der Waals surface area (Å²) in [5, 5.41) is 6.38. The Morgan fingerprint density at radius 1 is 1.35 bits per heavy atom. The first kappa shape index (κ1) is 17.1. The molecule has 0 radical (unpaired) electrons. The molecule has 1 unspecified atom stereocenters. The smallest absolute Gasteiger partial charge is 0.356 e. The lowest BCUT2D eigenvalue weighted by molar-refractivity contribution is -0.143. The molecular weight excluding hydrogens is 269 g/mol. The minimum absolute atomic E-state index is 0.0368. The predicted molar refractivity (Wildman–Crippen MR) is 74.9 cm³/mol. The first-order valence-electron chi connectivity index (χ1n) is 7.21. The van der Waals surface area contributed by atoms with Crippen LogP contribution in [0.4, 0.5) is 13.2 Å². The molecule has 2 N–H and O–H groups in total. The summed E-state index contributed by atoms with van der Waals surface area (Å²) >= 11 is 0. The van der Waals surface area contributed by atoms with Crippen LogP contribution in [0.2, 0.25) is 0 Å². The molecule has 0 aromatic heterocycles. The zero-order chi connectivity index (χ0) is 15.0. The number of hydrogen-bond donors (Lipinski definition) is 2. The van der Waals surface area contributed by atoms with E-state index in [1.807, 2.05) is 0 Å². The number of guanidine groups is 1. The van der Waals surface area contributed by atoms with Gasteiger partial charge in [0, 0.05) is 32.7 Å². The van der Waals surface area contributed by atoms with E-state index >= 15 is 0 Å². The van der Waals surface area contributed by atoms with Crippen LogP contribution in [0.3, 0.4) is 0 Å². The first-order chi connectivity index (χ1) is 9.44. The van der Waals surface area contributed by atoms with Crippen molar-refractivity contribution in [1.82, 2.24) is 15.5 Å². The molecule has 7 heteroatoms. The third-order valence-electron chi connectivity index (χ3n) is 3.31. The fraction of sp³-hybridized carbons (Fsp3) is 0.923. The molecular formula is C13H25F3N4. The molecule has 0 saturated carbocycles.